The van der Waals surface area contributed by atoms with Gasteiger partial charge in [-0.1, -0.05) is 36.4 Å². The van der Waals surface area contributed by atoms with Gasteiger partial charge in [-0.3, -0.25) is 19.5 Å². The Bertz CT molecular complexity index is 1400. The second-order valence-corrected chi connectivity index (χ2v) is 7.78. The van der Waals surface area contributed by atoms with E-state index in [4.69, 9.17) is 10.5 Å². The molecule has 1 aromatic heterocycles. The van der Waals surface area contributed by atoms with Gasteiger partial charge in [-0.2, -0.15) is 5.10 Å². The first-order valence-electron chi connectivity index (χ1n) is 11.0. The van der Waals surface area contributed by atoms with Crippen LogP contribution in [0.4, 0.5) is 22.7 Å². The van der Waals surface area contributed by atoms with Crippen LogP contribution in [0.15, 0.2) is 79.0 Å². The van der Waals surface area contributed by atoms with Crippen LogP contribution in [0.1, 0.15) is 26.4 Å². The summed E-state index contributed by atoms with van der Waals surface area (Å²) in [6, 6.07) is 20.6. The van der Waals surface area contributed by atoms with Gasteiger partial charge in [0.1, 0.15) is 11.4 Å². The number of anilines is 4. The second kappa shape index (κ2) is 10.9. The number of rotatable bonds is 8. The fraction of sp³-hybridized carbons (Fsp3) is 0.0769. The summed E-state index contributed by atoms with van der Waals surface area (Å²) < 4.78 is 5.22. The quantitative estimate of drug-likeness (QED) is 0.241. The number of amides is 3. The summed E-state index contributed by atoms with van der Waals surface area (Å²) >= 11 is 0. The van der Waals surface area contributed by atoms with Crippen molar-refractivity contribution in [1.29, 1.82) is 0 Å². The first-order chi connectivity index (χ1) is 17.4. The molecule has 3 aromatic carbocycles. The van der Waals surface area contributed by atoms with Gasteiger partial charge in [-0.15, -0.1) is 0 Å². The third-order valence-corrected chi connectivity index (χ3v) is 5.28. The van der Waals surface area contributed by atoms with E-state index < -0.39 is 11.8 Å². The minimum atomic E-state index is -0.493. The number of H-pyrrole nitrogens is 1. The molecule has 10 nitrogen and oxygen atoms in total. The summed E-state index contributed by atoms with van der Waals surface area (Å²) in [6.07, 6.45) is 1.49. The van der Waals surface area contributed by atoms with E-state index in [1.54, 1.807) is 72.8 Å². The number of nitrogens with one attached hydrogen (secondary N) is 4. The molecule has 0 fully saturated rings. The molecular formula is C26H24N6O4. The SMILES string of the molecule is COc1ccccc1C(=O)Nc1cn[nH]c1C(=O)Nc1ccc(CC(=O)Nc2ccccc2N)cc1. The van der Waals surface area contributed by atoms with Gasteiger partial charge in [0.2, 0.25) is 5.91 Å². The molecule has 0 spiro atoms. The molecule has 0 saturated carbocycles. The highest BCUT2D eigenvalue weighted by Gasteiger charge is 2.19. The molecular weight excluding hydrogens is 460 g/mol. The Morgan fingerprint density at radius 1 is 0.861 bits per heavy atom. The van der Waals surface area contributed by atoms with E-state index in [0.717, 1.165) is 5.56 Å². The number of nitrogen functional groups attached to an aromatic ring is 1. The van der Waals surface area contributed by atoms with Gasteiger partial charge in [-0.05, 0) is 42.0 Å². The fourth-order valence-corrected chi connectivity index (χ4v) is 3.47. The van der Waals surface area contributed by atoms with Crippen LogP contribution >= 0.6 is 0 Å². The van der Waals surface area contributed by atoms with Crippen molar-refractivity contribution in [2.45, 2.75) is 6.42 Å². The molecule has 1 heterocycles. The largest absolute Gasteiger partial charge is 0.496 e. The number of benzene rings is 3. The number of aromatic nitrogens is 2. The Kier molecular flexibility index (Phi) is 7.25. The topological polar surface area (TPSA) is 151 Å². The third-order valence-electron chi connectivity index (χ3n) is 5.28. The predicted octanol–water partition coefficient (Wildman–Crippen LogP) is 3.69. The standard InChI is InChI=1S/C26H24N6O4/c1-36-22-9-5-2-6-18(22)25(34)31-21-15-28-32-24(21)26(35)29-17-12-10-16(11-13-17)14-23(33)30-20-8-4-3-7-19(20)27/h2-13,15H,14,27H2,1H3,(H,28,32)(H,29,35)(H,30,33)(H,31,34). The number of nitrogens with two attached hydrogens (primary N) is 1. The number of aromatic amines is 1. The van der Waals surface area contributed by atoms with Gasteiger partial charge in [-0.25, -0.2) is 0 Å². The molecule has 0 aliphatic heterocycles. The Balaban J connectivity index is 1.37. The molecule has 0 bridgehead atoms. The highest BCUT2D eigenvalue weighted by Crippen LogP contribution is 2.21. The summed E-state index contributed by atoms with van der Waals surface area (Å²) in [5, 5.41) is 14.7. The maximum atomic E-state index is 12.8. The molecule has 0 atom stereocenters. The first-order valence-corrected chi connectivity index (χ1v) is 11.0. The van der Waals surface area contributed by atoms with Gasteiger partial charge in [0.25, 0.3) is 11.8 Å². The number of carbonyl (C=O) groups is 3. The molecule has 0 aliphatic rings. The van der Waals surface area contributed by atoms with Crippen LogP contribution in [0.25, 0.3) is 0 Å². The van der Waals surface area contributed by atoms with E-state index in [1.165, 1.54) is 13.3 Å². The molecule has 0 aliphatic carbocycles. The number of nitrogens with zero attached hydrogens (tertiary/aromatic N) is 1. The smallest absolute Gasteiger partial charge is 0.275 e. The summed E-state index contributed by atoms with van der Waals surface area (Å²) in [5.74, 6) is -0.737. The van der Waals surface area contributed by atoms with Gasteiger partial charge in [0, 0.05) is 5.69 Å². The normalized spacial score (nSPS) is 10.4. The van der Waals surface area contributed by atoms with Crippen LogP contribution in [0.3, 0.4) is 0 Å². The summed E-state index contributed by atoms with van der Waals surface area (Å²) in [6.45, 7) is 0. The van der Waals surface area contributed by atoms with Gasteiger partial charge >= 0.3 is 0 Å². The maximum absolute atomic E-state index is 12.8. The Morgan fingerprint density at radius 2 is 1.58 bits per heavy atom. The van der Waals surface area contributed by atoms with Crippen molar-refractivity contribution in [3.8, 4) is 5.75 Å². The zero-order valence-corrected chi connectivity index (χ0v) is 19.4. The van der Waals surface area contributed by atoms with Crippen molar-refractivity contribution in [3.63, 3.8) is 0 Å². The van der Waals surface area contributed by atoms with E-state index in [2.05, 4.69) is 26.1 Å². The Morgan fingerprint density at radius 3 is 2.33 bits per heavy atom. The van der Waals surface area contributed by atoms with Crippen LogP contribution in [0.2, 0.25) is 0 Å². The summed E-state index contributed by atoms with van der Waals surface area (Å²) in [5.41, 5.74) is 8.79. The van der Waals surface area contributed by atoms with Crippen LogP contribution in [-0.4, -0.2) is 35.0 Å². The van der Waals surface area contributed by atoms with Crippen LogP contribution in [0, 0.1) is 0 Å². The zero-order valence-electron chi connectivity index (χ0n) is 19.4. The number of methoxy groups -OCH3 is 1. The van der Waals surface area contributed by atoms with Crippen molar-refractivity contribution in [3.05, 3.63) is 95.8 Å². The van der Waals surface area contributed by atoms with Crippen LogP contribution in [0.5, 0.6) is 5.75 Å². The second-order valence-electron chi connectivity index (χ2n) is 7.78. The third kappa shape index (κ3) is 5.68. The zero-order chi connectivity index (χ0) is 25.5. The van der Waals surface area contributed by atoms with E-state index in [1.807, 2.05) is 0 Å². The van der Waals surface area contributed by atoms with E-state index in [0.29, 0.717) is 28.4 Å². The monoisotopic (exact) mass is 484 g/mol. The van der Waals surface area contributed by atoms with Crippen molar-refractivity contribution in [1.82, 2.24) is 10.2 Å². The van der Waals surface area contributed by atoms with Gasteiger partial charge in [0.15, 0.2) is 0 Å². The van der Waals surface area contributed by atoms with Crippen molar-refractivity contribution in [2.24, 2.45) is 0 Å². The van der Waals surface area contributed by atoms with Crippen LogP contribution in [-0.2, 0) is 11.2 Å². The number of carbonyl (C=O) groups excluding carboxylic acids is 3. The number of hydrogen-bond donors (Lipinski definition) is 5. The lowest BCUT2D eigenvalue weighted by atomic mass is 10.1. The van der Waals surface area contributed by atoms with E-state index >= 15 is 0 Å². The predicted molar refractivity (Wildman–Crippen MR) is 137 cm³/mol. The minimum absolute atomic E-state index is 0.0853. The average molecular weight is 485 g/mol. The van der Waals surface area contributed by atoms with Crippen LogP contribution < -0.4 is 26.4 Å². The van der Waals surface area contributed by atoms with E-state index in [-0.39, 0.29) is 23.7 Å². The Hall–Kier alpha value is -5.12. The highest BCUT2D eigenvalue weighted by atomic mass is 16.5. The van der Waals surface area contributed by atoms with Crippen molar-refractivity contribution >= 4 is 40.5 Å². The van der Waals surface area contributed by atoms with Gasteiger partial charge in [0.05, 0.1) is 42.4 Å². The lowest BCUT2D eigenvalue weighted by Crippen LogP contribution is -2.18. The summed E-state index contributed by atoms with van der Waals surface area (Å²) in [7, 11) is 1.47. The molecule has 4 rings (SSSR count). The van der Waals surface area contributed by atoms with Crippen molar-refractivity contribution < 1.29 is 19.1 Å². The number of hydrogen-bond acceptors (Lipinski definition) is 6. The Labute approximate surface area is 206 Å². The molecule has 0 unspecified atom stereocenters. The molecule has 3 amide bonds. The highest BCUT2D eigenvalue weighted by molar-refractivity contribution is 6.12. The van der Waals surface area contributed by atoms with Crippen molar-refractivity contribution in [2.75, 3.05) is 28.8 Å². The molecule has 6 N–H and O–H groups in total. The summed E-state index contributed by atoms with van der Waals surface area (Å²) in [4.78, 5) is 37.8. The minimum Gasteiger partial charge on any atom is -0.496 e. The molecule has 0 saturated heterocycles. The molecule has 36 heavy (non-hydrogen) atoms. The van der Waals surface area contributed by atoms with Gasteiger partial charge < -0.3 is 26.4 Å². The maximum Gasteiger partial charge on any atom is 0.275 e. The lowest BCUT2D eigenvalue weighted by Gasteiger charge is -2.10. The molecule has 10 heteroatoms. The lowest BCUT2D eigenvalue weighted by molar-refractivity contribution is -0.115. The molecule has 182 valence electrons. The number of ether oxygens (including phenoxy) is 1. The fourth-order valence-electron chi connectivity index (χ4n) is 3.47. The number of para-hydroxylation sites is 3. The van der Waals surface area contributed by atoms with E-state index in [9.17, 15) is 14.4 Å². The molecule has 4 aromatic rings. The first kappa shape index (κ1) is 24.0. The average Bonchev–Trinajstić information content (AvgIpc) is 3.34. The molecule has 0 radical (unpaired) electrons.